The van der Waals surface area contributed by atoms with E-state index in [1.165, 1.54) is 17.1 Å². The van der Waals surface area contributed by atoms with Gasteiger partial charge in [0, 0.05) is 22.5 Å². The first-order valence-electron chi connectivity index (χ1n) is 7.79. The molecule has 1 aromatic heterocycles. The van der Waals surface area contributed by atoms with Gasteiger partial charge in [-0.05, 0) is 29.8 Å². The third kappa shape index (κ3) is 3.28. The van der Waals surface area contributed by atoms with Crippen LogP contribution in [0.15, 0.2) is 60.8 Å². The maximum atomic E-state index is 12.4. The first-order chi connectivity index (χ1) is 11.8. The number of anilines is 1. The van der Waals surface area contributed by atoms with Gasteiger partial charge in [-0.25, -0.2) is 0 Å². The summed E-state index contributed by atoms with van der Waals surface area (Å²) in [5.41, 5.74) is 3.59. The van der Waals surface area contributed by atoms with Crippen LogP contribution in [0.5, 0.6) is 0 Å². The molecule has 3 nitrogen and oxygen atoms in total. The fraction of sp³-hybridized carbons (Fsp3) is 0.158. The van der Waals surface area contributed by atoms with Gasteiger partial charge in [0.25, 0.3) is 5.91 Å². The number of pyridine rings is 1. The van der Waals surface area contributed by atoms with E-state index in [4.69, 9.17) is 0 Å². The van der Waals surface area contributed by atoms with Crippen molar-refractivity contribution >= 4 is 46.0 Å². The summed E-state index contributed by atoms with van der Waals surface area (Å²) in [5.74, 6) is 2.30. The Labute approximate surface area is 149 Å². The highest BCUT2D eigenvalue weighted by molar-refractivity contribution is 8.19. The zero-order valence-electron chi connectivity index (χ0n) is 12.9. The van der Waals surface area contributed by atoms with Gasteiger partial charge in [-0.1, -0.05) is 30.3 Å². The van der Waals surface area contributed by atoms with Crippen LogP contribution in [0.25, 0.3) is 10.9 Å². The van der Waals surface area contributed by atoms with E-state index in [2.05, 4.69) is 22.4 Å². The third-order valence-electron chi connectivity index (χ3n) is 3.92. The van der Waals surface area contributed by atoms with Crippen molar-refractivity contribution < 1.29 is 4.79 Å². The average Bonchev–Trinajstić information content (AvgIpc) is 3.16. The van der Waals surface area contributed by atoms with Gasteiger partial charge < -0.3 is 5.32 Å². The van der Waals surface area contributed by atoms with E-state index in [1.54, 1.807) is 6.20 Å². The molecule has 0 radical (unpaired) electrons. The van der Waals surface area contributed by atoms with Crippen LogP contribution in [0.4, 0.5) is 5.69 Å². The van der Waals surface area contributed by atoms with E-state index in [1.807, 2.05) is 66.0 Å². The van der Waals surface area contributed by atoms with E-state index in [0.29, 0.717) is 15.8 Å². The molecule has 2 aromatic carbocycles. The number of benzene rings is 2. The van der Waals surface area contributed by atoms with Crippen molar-refractivity contribution in [3.05, 3.63) is 71.9 Å². The molecule has 0 spiro atoms. The number of aromatic nitrogens is 1. The van der Waals surface area contributed by atoms with Crippen LogP contribution in [0.3, 0.4) is 0 Å². The minimum atomic E-state index is -0.106. The highest BCUT2D eigenvalue weighted by Crippen LogP contribution is 2.45. The van der Waals surface area contributed by atoms with Crippen LogP contribution in [0.2, 0.25) is 0 Å². The Morgan fingerprint density at radius 2 is 1.79 bits per heavy atom. The maximum Gasteiger partial charge on any atom is 0.255 e. The van der Waals surface area contributed by atoms with Gasteiger partial charge in [-0.3, -0.25) is 9.78 Å². The summed E-state index contributed by atoms with van der Waals surface area (Å²) < 4.78 is 0.506. The molecule has 4 rings (SSSR count). The second kappa shape index (κ2) is 6.87. The Hall–Kier alpha value is -1.98. The average molecular weight is 352 g/mol. The molecule has 1 N–H and O–H groups in total. The number of carbonyl (C=O) groups is 1. The lowest BCUT2D eigenvalue weighted by molar-refractivity contribution is 0.102. The summed E-state index contributed by atoms with van der Waals surface area (Å²) in [6.45, 7) is 0. The van der Waals surface area contributed by atoms with Crippen molar-refractivity contribution in [2.45, 2.75) is 4.58 Å². The number of rotatable bonds is 3. The van der Waals surface area contributed by atoms with Crippen LogP contribution in [-0.2, 0) is 0 Å². The monoisotopic (exact) mass is 352 g/mol. The second-order valence-corrected chi connectivity index (χ2v) is 8.29. The van der Waals surface area contributed by atoms with Gasteiger partial charge in [0.05, 0.1) is 22.0 Å². The molecule has 2 heterocycles. The smallest absolute Gasteiger partial charge is 0.255 e. The van der Waals surface area contributed by atoms with Gasteiger partial charge in [0.2, 0.25) is 0 Å². The topological polar surface area (TPSA) is 42.0 Å². The van der Waals surface area contributed by atoms with E-state index >= 15 is 0 Å². The van der Waals surface area contributed by atoms with Gasteiger partial charge >= 0.3 is 0 Å². The van der Waals surface area contributed by atoms with Crippen LogP contribution in [0, 0.1) is 0 Å². The molecule has 1 saturated heterocycles. The summed E-state index contributed by atoms with van der Waals surface area (Å²) in [6, 6.07) is 17.7. The van der Waals surface area contributed by atoms with E-state index in [-0.39, 0.29) is 5.91 Å². The Bertz CT molecular complexity index is 874. The molecular formula is C19H16N2OS2. The molecule has 24 heavy (non-hydrogen) atoms. The van der Waals surface area contributed by atoms with Crippen LogP contribution in [-0.4, -0.2) is 22.4 Å². The van der Waals surface area contributed by atoms with Crippen molar-refractivity contribution in [3.8, 4) is 0 Å². The number of hydrogen-bond acceptors (Lipinski definition) is 4. The minimum Gasteiger partial charge on any atom is -0.321 e. The molecule has 0 atom stereocenters. The number of nitrogens with one attached hydrogen (secondary N) is 1. The highest BCUT2D eigenvalue weighted by atomic mass is 32.2. The van der Waals surface area contributed by atoms with Crippen molar-refractivity contribution in [2.75, 3.05) is 16.8 Å². The molecule has 120 valence electrons. The maximum absolute atomic E-state index is 12.4. The normalized spacial score (nSPS) is 14.8. The van der Waals surface area contributed by atoms with Crippen molar-refractivity contribution in [1.82, 2.24) is 4.98 Å². The summed E-state index contributed by atoms with van der Waals surface area (Å²) in [7, 11) is 0. The lowest BCUT2D eigenvalue weighted by Crippen LogP contribution is -2.12. The highest BCUT2D eigenvalue weighted by Gasteiger charge is 2.18. The lowest BCUT2D eigenvalue weighted by atomic mass is 10.1. The molecule has 1 amide bonds. The van der Waals surface area contributed by atoms with Gasteiger partial charge in [-0.15, -0.1) is 23.5 Å². The molecular weight excluding hydrogens is 336 g/mol. The fourth-order valence-corrected chi connectivity index (χ4v) is 5.54. The van der Waals surface area contributed by atoms with E-state index in [9.17, 15) is 4.79 Å². The molecule has 0 unspecified atom stereocenters. The fourth-order valence-electron chi connectivity index (χ4n) is 2.69. The van der Waals surface area contributed by atoms with Crippen LogP contribution < -0.4 is 5.32 Å². The Balaban J connectivity index is 1.50. The van der Waals surface area contributed by atoms with Crippen LogP contribution in [0.1, 0.15) is 20.5 Å². The van der Waals surface area contributed by atoms with Crippen LogP contribution >= 0.6 is 23.5 Å². The first-order valence-corrected chi connectivity index (χ1v) is 9.89. The van der Waals surface area contributed by atoms with Gasteiger partial charge in [-0.2, -0.15) is 0 Å². The molecule has 0 bridgehead atoms. The third-order valence-corrected chi connectivity index (χ3v) is 7.02. The zero-order chi connectivity index (χ0) is 16.4. The molecule has 5 heteroatoms. The summed E-state index contributed by atoms with van der Waals surface area (Å²) in [4.78, 5) is 16.8. The second-order valence-electron chi connectivity index (χ2n) is 5.57. The largest absolute Gasteiger partial charge is 0.321 e. The van der Waals surface area contributed by atoms with Gasteiger partial charge in [0.15, 0.2) is 0 Å². The number of para-hydroxylation sites is 1. The van der Waals surface area contributed by atoms with E-state index < -0.39 is 0 Å². The SMILES string of the molecule is O=C(Nc1cnc2ccccc2c1)c1ccc(C2SCCS2)cc1. The summed E-state index contributed by atoms with van der Waals surface area (Å²) >= 11 is 3.94. The standard InChI is InChI=1S/C19H16N2OS2/c22-18(13-5-7-14(8-6-13)19-23-9-10-24-19)21-16-11-15-3-1-2-4-17(15)20-12-16/h1-8,11-12,19H,9-10H2,(H,21,22). The molecule has 1 fully saturated rings. The quantitative estimate of drug-likeness (QED) is 0.723. The number of carbonyl (C=O) groups excluding carboxylic acids is 1. The molecule has 1 aliphatic heterocycles. The number of hydrogen-bond donors (Lipinski definition) is 1. The Morgan fingerprint density at radius 3 is 2.58 bits per heavy atom. The predicted molar refractivity (Wildman–Crippen MR) is 104 cm³/mol. The Morgan fingerprint density at radius 1 is 1.04 bits per heavy atom. The molecule has 0 saturated carbocycles. The number of fused-ring (bicyclic) bond motifs is 1. The summed E-state index contributed by atoms with van der Waals surface area (Å²) in [5, 5.41) is 3.94. The Kier molecular flexibility index (Phi) is 4.45. The van der Waals surface area contributed by atoms with Crippen molar-refractivity contribution in [1.29, 1.82) is 0 Å². The van der Waals surface area contributed by atoms with Gasteiger partial charge in [0.1, 0.15) is 0 Å². The summed E-state index contributed by atoms with van der Waals surface area (Å²) in [6.07, 6.45) is 1.69. The lowest BCUT2D eigenvalue weighted by Gasteiger charge is -2.10. The molecule has 3 aromatic rings. The van der Waals surface area contributed by atoms with Crippen molar-refractivity contribution in [3.63, 3.8) is 0 Å². The number of amides is 1. The van der Waals surface area contributed by atoms with Crippen molar-refractivity contribution in [2.24, 2.45) is 0 Å². The predicted octanol–water partition coefficient (Wildman–Crippen LogP) is 4.97. The minimum absolute atomic E-state index is 0.106. The molecule has 1 aliphatic rings. The van der Waals surface area contributed by atoms with E-state index in [0.717, 1.165) is 10.9 Å². The first kappa shape index (κ1) is 15.5. The molecule has 0 aliphatic carbocycles. The number of thioether (sulfide) groups is 2. The zero-order valence-corrected chi connectivity index (χ0v) is 14.6. The number of nitrogens with zero attached hydrogens (tertiary/aromatic N) is 1.